The van der Waals surface area contributed by atoms with E-state index in [1.165, 1.54) is 18.7 Å². The number of primary amides is 1. The fraction of sp³-hybridized carbons (Fsp3) is 0.737. The normalized spacial score (nSPS) is 14.8. The zero-order chi connectivity index (χ0) is 24.1. The first-order valence-corrected chi connectivity index (χ1v) is 11.4. The Balaban J connectivity index is 5.38. The molecule has 11 nitrogen and oxygen atoms in total. The van der Waals surface area contributed by atoms with E-state index in [0.717, 1.165) is 0 Å². The fourth-order valence-corrected chi connectivity index (χ4v) is 3.07. The summed E-state index contributed by atoms with van der Waals surface area (Å²) in [4.78, 5) is 59.8. The summed E-state index contributed by atoms with van der Waals surface area (Å²) in [7, 11) is 0. The molecule has 0 rings (SSSR count). The van der Waals surface area contributed by atoms with Gasteiger partial charge in [-0.05, 0) is 44.1 Å². The van der Waals surface area contributed by atoms with E-state index in [9.17, 15) is 29.1 Å². The number of amides is 4. The van der Waals surface area contributed by atoms with E-state index in [0.29, 0.717) is 12.2 Å². The summed E-state index contributed by atoms with van der Waals surface area (Å²) in [6.07, 6.45) is 2.06. The summed E-state index contributed by atoms with van der Waals surface area (Å²) in [5, 5.41) is 16.8. The lowest BCUT2D eigenvalue weighted by Crippen LogP contribution is -2.57. The molecule has 0 aromatic carbocycles. The number of nitrogens with one attached hydrogen (secondary N) is 3. The van der Waals surface area contributed by atoms with Crippen LogP contribution in [0.3, 0.4) is 0 Å². The van der Waals surface area contributed by atoms with E-state index in [1.54, 1.807) is 0 Å². The van der Waals surface area contributed by atoms with E-state index in [2.05, 4.69) is 16.0 Å². The SMILES string of the molecule is CSCCC(NC(=O)C(C)N)C(=O)NC(CC(C)C)C(=O)NC(CCC(N)=O)C(=O)O. The van der Waals surface area contributed by atoms with Gasteiger partial charge in [-0.1, -0.05) is 13.8 Å². The number of rotatable bonds is 15. The second-order valence-electron chi connectivity index (χ2n) is 7.73. The van der Waals surface area contributed by atoms with Gasteiger partial charge in [0.15, 0.2) is 0 Å². The Hall–Kier alpha value is -2.34. The maximum atomic E-state index is 12.8. The molecule has 4 unspecified atom stereocenters. The first kappa shape index (κ1) is 28.7. The van der Waals surface area contributed by atoms with E-state index in [1.807, 2.05) is 20.1 Å². The molecule has 8 N–H and O–H groups in total. The molecule has 4 amide bonds. The molecule has 31 heavy (non-hydrogen) atoms. The Kier molecular flexibility index (Phi) is 13.5. The molecule has 0 aliphatic rings. The van der Waals surface area contributed by atoms with Crippen molar-refractivity contribution >= 4 is 41.4 Å². The van der Waals surface area contributed by atoms with Crippen LogP contribution in [0.25, 0.3) is 0 Å². The lowest BCUT2D eigenvalue weighted by atomic mass is 10.0. The van der Waals surface area contributed by atoms with Crippen LogP contribution in [0.2, 0.25) is 0 Å². The van der Waals surface area contributed by atoms with Crippen molar-refractivity contribution in [3.8, 4) is 0 Å². The zero-order valence-corrected chi connectivity index (χ0v) is 19.3. The Morgan fingerprint density at radius 1 is 0.871 bits per heavy atom. The average Bonchev–Trinajstić information content (AvgIpc) is 2.66. The molecule has 0 bridgehead atoms. The molecule has 0 saturated carbocycles. The van der Waals surface area contributed by atoms with E-state index < -0.39 is 53.8 Å². The first-order valence-electron chi connectivity index (χ1n) is 10.1. The summed E-state index contributed by atoms with van der Waals surface area (Å²) in [6.45, 7) is 5.18. The highest BCUT2D eigenvalue weighted by Crippen LogP contribution is 2.09. The van der Waals surface area contributed by atoms with Crippen LogP contribution in [0, 0.1) is 5.92 Å². The predicted octanol–water partition coefficient (Wildman–Crippen LogP) is -1.06. The third kappa shape index (κ3) is 12.2. The van der Waals surface area contributed by atoms with Crippen LogP contribution in [0.1, 0.15) is 46.5 Å². The standard InChI is InChI=1S/C19H35N5O6S/c1-10(2)9-14(18(28)23-13(19(29)30)5-6-15(21)25)24-17(27)12(7-8-31-4)22-16(26)11(3)20/h10-14H,5-9,20H2,1-4H3,(H2,21,25)(H,22,26)(H,23,28)(H,24,27)(H,29,30). The smallest absolute Gasteiger partial charge is 0.326 e. The number of carboxylic acids is 1. The van der Waals surface area contributed by atoms with Crippen molar-refractivity contribution in [2.45, 2.75) is 70.6 Å². The highest BCUT2D eigenvalue weighted by molar-refractivity contribution is 7.98. The number of hydrogen-bond donors (Lipinski definition) is 6. The number of carbonyl (C=O) groups is 5. The molecule has 0 aromatic rings. The number of thioether (sulfide) groups is 1. The highest BCUT2D eigenvalue weighted by atomic mass is 32.2. The lowest BCUT2D eigenvalue weighted by molar-refractivity contribution is -0.142. The van der Waals surface area contributed by atoms with Crippen molar-refractivity contribution in [2.75, 3.05) is 12.0 Å². The van der Waals surface area contributed by atoms with Crippen LogP contribution < -0.4 is 27.4 Å². The highest BCUT2D eigenvalue weighted by Gasteiger charge is 2.30. The second-order valence-corrected chi connectivity index (χ2v) is 8.71. The van der Waals surface area contributed by atoms with Gasteiger partial charge in [-0.2, -0.15) is 11.8 Å². The van der Waals surface area contributed by atoms with Gasteiger partial charge in [0.1, 0.15) is 18.1 Å². The average molecular weight is 462 g/mol. The van der Waals surface area contributed by atoms with Gasteiger partial charge in [0.05, 0.1) is 6.04 Å². The minimum Gasteiger partial charge on any atom is -0.480 e. The molecule has 0 radical (unpaired) electrons. The van der Waals surface area contributed by atoms with Crippen LogP contribution in [-0.4, -0.2) is 70.9 Å². The van der Waals surface area contributed by atoms with Crippen LogP contribution in [0.15, 0.2) is 0 Å². The van der Waals surface area contributed by atoms with Crippen LogP contribution in [-0.2, 0) is 24.0 Å². The third-order valence-corrected chi connectivity index (χ3v) is 4.94. The fourth-order valence-electron chi connectivity index (χ4n) is 2.60. The van der Waals surface area contributed by atoms with Crippen molar-refractivity contribution in [3.63, 3.8) is 0 Å². The van der Waals surface area contributed by atoms with Gasteiger partial charge < -0.3 is 32.5 Å². The Bertz CT molecular complexity index is 643. The molecule has 0 aliphatic carbocycles. The predicted molar refractivity (Wildman–Crippen MR) is 118 cm³/mol. The summed E-state index contributed by atoms with van der Waals surface area (Å²) in [5.74, 6) is -3.15. The van der Waals surface area contributed by atoms with E-state index in [-0.39, 0.29) is 25.2 Å². The maximum Gasteiger partial charge on any atom is 0.326 e. The van der Waals surface area contributed by atoms with Gasteiger partial charge in [0, 0.05) is 6.42 Å². The molecule has 4 atom stereocenters. The van der Waals surface area contributed by atoms with Crippen molar-refractivity contribution in [3.05, 3.63) is 0 Å². The summed E-state index contributed by atoms with van der Waals surface area (Å²) in [6, 6.07) is -4.04. The molecular weight excluding hydrogens is 426 g/mol. The van der Waals surface area contributed by atoms with Gasteiger partial charge in [-0.25, -0.2) is 4.79 Å². The minimum atomic E-state index is -1.32. The van der Waals surface area contributed by atoms with E-state index in [4.69, 9.17) is 11.5 Å². The van der Waals surface area contributed by atoms with Gasteiger partial charge in [0.25, 0.3) is 0 Å². The molecule has 0 aromatic heterocycles. The molecule has 12 heteroatoms. The molecule has 0 heterocycles. The largest absolute Gasteiger partial charge is 0.480 e. The molecule has 0 aliphatic heterocycles. The number of aliphatic carboxylic acids is 1. The van der Waals surface area contributed by atoms with Gasteiger partial charge >= 0.3 is 5.97 Å². The first-order chi connectivity index (χ1) is 14.4. The molecule has 0 saturated heterocycles. The quantitative estimate of drug-likeness (QED) is 0.177. The Morgan fingerprint density at radius 2 is 1.39 bits per heavy atom. The van der Waals surface area contributed by atoms with E-state index >= 15 is 0 Å². The summed E-state index contributed by atoms with van der Waals surface area (Å²) >= 11 is 1.49. The van der Waals surface area contributed by atoms with Crippen LogP contribution >= 0.6 is 11.8 Å². The molecule has 178 valence electrons. The molecular formula is C19H35N5O6S. The number of hydrogen-bond acceptors (Lipinski definition) is 7. The van der Waals surface area contributed by atoms with Crippen LogP contribution in [0.5, 0.6) is 0 Å². The molecule has 0 fully saturated rings. The summed E-state index contributed by atoms with van der Waals surface area (Å²) < 4.78 is 0. The van der Waals surface area contributed by atoms with Crippen LogP contribution in [0.4, 0.5) is 0 Å². The van der Waals surface area contributed by atoms with Crippen molar-refractivity contribution in [1.29, 1.82) is 0 Å². The zero-order valence-electron chi connectivity index (χ0n) is 18.5. The number of carbonyl (C=O) groups excluding carboxylic acids is 4. The lowest BCUT2D eigenvalue weighted by Gasteiger charge is -2.25. The maximum absolute atomic E-state index is 12.8. The monoisotopic (exact) mass is 461 g/mol. The number of carboxylic acid groups (broad SMARTS) is 1. The number of nitrogens with two attached hydrogens (primary N) is 2. The minimum absolute atomic E-state index is 0.00764. The van der Waals surface area contributed by atoms with Gasteiger partial charge in [-0.3, -0.25) is 19.2 Å². The van der Waals surface area contributed by atoms with Crippen molar-refractivity contribution in [2.24, 2.45) is 17.4 Å². The molecule has 0 spiro atoms. The van der Waals surface area contributed by atoms with Gasteiger partial charge in [-0.15, -0.1) is 0 Å². The van der Waals surface area contributed by atoms with Crippen molar-refractivity contribution < 1.29 is 29.1 Å². The van der Waals surface area contributed by atoms with Gasteiger partial charge in [0.2, 0.25) is 23.6 Å². The summed E-state index contributed by atoms with van der Waals surface area (Å²) in [5.41, 5.74) is 10.6. The Morgan fingerprint density at radius 3 is 1.84 bits per heavy atom. The second kappa shape index (κ2) is 14.6. The third-order valence-electron chi connectivity index (χ3n) is 4.29. The topological polar surface area (TPSA) is 194 Å². The Labute approximate surface area is 186 Å². The van der Waals surface area contributed by atoms with Crippen molar-refractivity contribution in [1.82, 2.24) is 16.0 Å².